The van der Waals surface area contributed by atoms with Crippen LogP contribution in [0, 0.1) is 5.41 Å². The maximum Gasteiger partial charge on any atom is 0.315 e. The molecule has 4 heteroatoms. The zero-order chi connectivity index (χ0) is 10.6. The Morgan fingerprint density at radius 3 is 2.71 bits per heavy atom. The number of ether oxygens (including phenoxy) is 2. The van der Waals surface area contributed by atoms with Gasteiger partial charge in [-0.2, -0.15) is 0 Å². The van der Waals surface area contributed by atoms with Crippen LogP contribution in [0.15, 0.2) is 0 Å². The first kappa shape index (κ1) is 11.8. The Morgan fingerprint density at radius 1 is 1.50 bits per heavy atom. The maximum atomic E-state index is 11.7. The summed E-state index contributed by atoms with van der Waals surface area (Å²) in [5.41, 5.74) is -0.622. The zero-order valence-electron chi connectivity index (χ0n) is 8.72. The van der Waals surface area contributed by atoms with Crippen LogP contribution in [0.25, 0.3) is 0 Å². The van der Waals surface area contributed by atoms with Crippen molar-refractivity contribution in [2.75, 3.05) is 20.1 Å². The molecule has 82 valence electrons. The largest absolute Gasteiger partial charge is 0.468 e. The van der Waals surface area contributed by atoms with Gasteiger partial charge >= 0.3 is 5.97 Å². The van der Waals surface area contributed by atoms with Crippen molar-refractivity contribution in [2.45, 2.75) is 31.8 Å². The third kappa shape index (κ3) is 1.89. The Hall–Kier alpha value is -0.280. The van der Waals surface area contributed by atoms with E-state index < -0.39 is 5.41 Å². The molecule has 0 radical (unpaired) electrons. The lowest BCUT2D eigenvalue weighted by molar-refractivity contribution is -0.163. The van der Waals surface area contributed by atoms with E-state index >= 15 is 0 Å². The molecule has 0 N–H and O–H groups in total. The van der Waals surface area contributed by atoms with Gasteiger partial charge in [0.15, 0.2) is 0 Å². The molecule has 1 aliphatic carbocycles. The Labute approximate surface area is 89.7 Å². The predicted octanol–water partition coefficient (Wildman–Crippen LogP) is 1.97. The van der Waals surface area contributed by atoms with Gasteiger partial charge in [0.25, 0.3) is 0 Å². The highest BCUT2D eigenvalue weighted by molar-refractivity contribution is 6.19. The SMILES string of the molecule is COC(=O)C1(CCl)CCCCC1OC. The highest BCUT2D eigenvalue weighted by atomic mass is 35.5. The molecule has 0 bridgehead atoms. The van der Waals surface area contributed by atoms with Gasteiger partial charge in [-0.3, -0.25) is 4.79 Å². The Morgan fingerprint density at radius 2 is 2.21 bits per heavy atom. The summed E-state index contributed by atoms with van der Waals surface area (Å²) < 4.78 is 10.1. The van der Waals surface area contributed by atoms with Gasteiger partial charge < -0.3 is 9.47 Å². The molecule has 0 aromatic carbocycles. The minimum Gasteiger partial charge on any atom is -0.468 e. The Kier molecular flexibility index (Phi) is 4.20. The molecule has 1 rings (SSSR count). The number of halogens is 1. The number of hydrogen-bond donors (Lipinski definition) is 0. The number of hydrogen-bond acceptors (Lipinski definition) is 3. The molecule has 3 nitrogen and oxygen atoms in total. The molecule has 0 aliphatic heterocycles. The van der Waals surface area contributed by atoms with E-state index in [1.54, 1.807) is 7.11 Å². The standard InChI is InChI=1S/C10H17ClO3/c1-13-8-5-3-4-6-10(8,7-11)9(12)14-2/h8H,3-7H2,1-2H3. The number of carbonyl (C=O) groups is 1. The quantitative estimate of drug-likeness (QED) is 0.539. The van der Waals surface area contributed by atoms with E-state index in [1.807, 2.05) is 0 Å². The number of esters is 1. The number of alkyl halides is 1. The fourth-order valence-corrected chi connectivity index (χ4v) is 2.61. The van der Waals surface area contributed by atoms with Crippen molar-refractivity contribution in [1.29, 1.82) is 0 Å². The van der Waals surface area contributed by atoms with Crippen molar-refractivity contribution in [3.8, 4) is 0 Å². The highest BCUT2D eigenvalue weighted by Crippen LogP contribution is 2.40. The molecule has 2 unspecified atom stereocenters. The molecule has 1 fully saturated rings. The van der Waals surface area contributed by atoms with Gasteiger partial charge in [-0.25, -0.2) is 0 Å². The summed E-state index contributed by atoms with van der Waals surface area (Å²) in [6.07, 6.45) is 3.66. The van der Waals surface area contributed by atoms with Crippen LogP contribution in [-0.4, -0.2) is 32.2 Å². The molecule has 1 saturated carbocycles. The maximum absolute atomic E-state index is 11.7. The van der Waals surface area contributed by atoms with Crippen molar-refractivity contribution < 1.29 is 14.3 Å². The minimum atomic E-state index is -0.622. The third-order valence-corrected chi connectivity index (χ3v) is 3.55. The van der Waals surface area contributed by atoms with Crippen LogP contribution >= 0.6 is 11.6 Å². The van der Waals surface area contributed by atoms with E-state index in [1.165, 1.54) is 7.11 Å². The Bertz CT molecular complexity index is 208. The van der Waals surface area contributed by atoms with Gasteiger partial charge in [0, 0.05) is 13.0 Å². The zero-order valence-corrected chi connectivity index (χ0v) is 9.47. The summed E-state index contributed by atoms with van der Waals surface area (Å²) in [6, 6.07) is 0. The number of carbonyl (C=O) groups excluding carboxylic acids is 1. The highest BCUT2D eigenvalue weighted by Gasteiger charge is 2.47. The average Bonchev–Trinajstić information content (AvgIpc) is 2.27. The minimum absolute atomic E-state index is 0.0961. The predicted molar refractivity (Wildman–Crippen MR) is 54.4 cm³/mol. The number of rotatable bonds is 3. The summed E-state index contributed by atoms with van der Waals surface area (Å²) >= 11 is 5.90. The summed E-state index contributed by atoms with van der Waals surface area (Å²) in [6.45, 7) is 0. The lowest BCUT2D eigenvalue weighted by Gasteiger charge is -2.39. The summed E-state index contributed by atoms with van der Waals surface area (Å²) in [7, 11) is 3.03. The molecule has 0 heterocycles. The molecular weight excluding hydrogens is 204 g/mol. The average molecular weight is 221 g/mol. The third-order valence-electron chi connectivity index (χ3n) is 3.07. The van der Waals surface area contributed by atoms with Crippen molar-refractivity contribution in [3.63, 3.8) is 0 Å². The lowest BCUT2D eigenvalue weighted by Crippen LogP contribution is -2.48. The second-order valence-electron chi connectivity index (χ2n) is 3.75. The van der Waals surface area contributed by atoms with Crippen LogP contribution in [0.5, 0.6) is 0 Å². The second-order valence-corrected chi connectivity index (χ2v) is 4.02. The van der Waals surface area contributed by atoms with Crippen molar-refractivity contribution in [1.82, 2.24) is 0 Å². The molecule has 0 saturated heterocycles. The fraction of sp³-hybridized carbons (Fsp3) is 0.900. The van der Waals surface area contributed by atoms with Crippen LogP contribution in [0.1, 0.15) is 25.7 Å². The molecular formula is C10H17ClO3. The molecule has 0 spiro atoms. The van der Waals surface area contributed by atoms with Crippen molar-refractivity contribution in [3.05, 3.63) is 0 Å². The molecule has 14 heavy (non-hydrogen) atoms. The second kappa shape index (κ2) is 4.99. The fourth-order valence-electron chi connectivity index (χ4n) is 2.20. The van der Waals surface area contributed by atoms with Gasteiger partial charge in [0.1, 0.15) is 5.41 Å². The molecule has 0 amide bonds. The normalized spacial score (nSPS) is 32.6. The monoisotopic (exact) mass is 220 g/mol. The van der Waals surface area contributed by atoms with Gasteiger partial charge in [-0.15, -0.1) is 11.6 Å². The van der Waals surface area contributed by atoms with Gasteiger partial charge in [0.05, 0.1) is 13.2 Å². The summed E-state index contributed by atoms with van der Waals surface area (Å²) in [5, 5.41) is 0. The first-order valence-electron chi connectivity index (χ1n) is 4.88. The van der Waals surface area contributed by atoms with E-state index in [9.17, 15) is 4.79 Å². The molecule has 2 atom stereocenters. The Balaban J connectivity index is 2.86. The van der Waals surface area contributed by atoms with Crippen molar-refractivity contribution in [2.24, 2.45) is 5.41 Å². The number of methoxy groups -OCH3 is 2. The van der Waals surface area contributed by atoms with Crippen LogP contribution in [-0.2, 0) is 14.3 Å². The molecule has 1 aliphatic rings. The first-order valence-corrected chi connectivity index (χ1v) is 5.42. The van der Waals surface area contributed by atoms with E-state index in [2.05, 4.69) is 0 Å². The van der Waals surface area contributed by atoms with E-state index in [0.717, 1.165) is 25.7 Å². The van der Waals surface area contributed by atoms with Gasteiger partial charge in [-0.05, 0) is 12.8 Å². The van der Waals surface area contributed by atoms with Gasteiger partial charge in [-0.1, -0.05) is 12.8 Å². The lowest BCUT2D eigenvalue weighted by atomic mass is 9.73. The van der Waals surface area contributed by atoms with Crippen LogP contribution in [0.3, 0.4) is 0 Å². The van der Waals surface area contributed by atoms with Gasteiger partial charge in [0.2, 0.25) is 0 Å². The van der Waals surface area contributed by atoms with E-state index in [4.69, 9.17) is 21.1 Å². The van der Waals surface area contributed by atoms with E-state index in [0.29, 0.717) is 0 Å². The van der Waals surface area contributed by atoms with Crippen LogP contribution in [0.4, 0.5) is 0 Å². The topological polar surface area (TPSA) is 35.5 Å². The summed E-state index contributed by atoms with van der Waals surface area (Å²) in [4.78, 5) is 11.7. The first-order chi connectivity index (χ1) is 6.71. The van der Waals surface area contributed by atoms with Crippen LogP contribution in [0.2, 0.25) is 0 Å². The van der Waals surface area contributed by atoms with Crippen molar-refractivity contribution >= 4 is 17.6 Å². The van der Waals surface area contributed by atoms with Crippen LogP contribution < -0.4 is 0 Å². The molecule has 0 aromatic rings. The van der Waals surface area contributed by atoms with E-state index in [-0.39, 0.29) is 18.0 Å². The summed E-state index contributed by atoms with van der Waals surface area (Å²) in [5.74, 6) is 0.0390. The smallest absolute Gasteiger partial charge is 0.315 e. The molecule has 0 aromatic heterocycles.